The predicted octanol–water partition coefficient (Wildman–Crippen LogP) is 3.51. The number of carbonyl (C=O) groups is 1. The predicted molar refractivity (Wildman–Crippen MR) is 101 cm³/mol. The van der Waals surface area contributed by atoms with Crippen LogP contribution in [-0.4, -0.2) is 40.2 Å². The summed E-state index contributed by atoms with van der Waals surface area (Å²) >= 11 is 6.27. The van der Waals surface area contributed by atoms with Gasteiger partial charge in [-0.05, 0) is 51.5 Å². The van der Waals surface area contributed by atoms with Crippen molar-refractivity contribution < 1.29 is 24.5 Å². The zero-order valence-corrected chi connectivity index (χ0v) is 16.4. The molecular weight excluding hydrogens is 370 g/mol. The number of rotatable bonds is 4. The van der Waals surface area contributed by atoms with Crippen molar-refractivity contribution in [1.82, 2.24) is 5.32 Å². The zero-order chi connectivity index (χ0) is 19.3. The van der Waals surface area contributed by atoms with Crippen molar-refractivity contribution in [3.05, 3.63) is 22.2 Å². The lowest BCUT2D eigenvalue weighted by atomic mass is 9.80. The van der Waals surface area contributed by atoms with Crippen LogP contribution in [0.3, 0.4) is 0 Å². The van der Waals surface area contributed by atoms with Crippen LogP contribution in [-0.2, 0) is 0 Å². The number of carboxylic acids is 1. The first-order chi connectivity index (χ1) is 12.8. The van der Waals surface area contributed by atoms with E-state index in [9.17, 15) is 15.0 Å². The Hall–Kier alpha value is -1.50. The average molecular weight is 396 g/mol. The van der Waals surface area contributed by atoms with Crippen LogP contribution in [0.5, 0.6) is 11.5 Å². The Balaban J connectivity index is 1.43. The highest BCUT2D eigenvalue weighted by molar-refractivity contribution is 6.32. The molecule has 1 heterocycles. The molecule has 1 aromatic carbocycles. The molecule has 3 N–H and O–H groups in total. The maximum absolute atomic E-state index is 11.4. The second-order valence-electron chi connectivity index (χ2n) is 8.25. The molecule has 4 rings (SSSR count). The van der Waals surface area contributed by atoms with Gasteiger partial charge in [0.15, 0.2) is 11.5 Å². The van der Waals surface area contributed by atoms with E-state index in [2.05, 4.69) is 5.32 Å². The summed E-state index contributed by atoms with van der Waals surface area (Å²) in [5.41, 5.74) is 0.687. The molecule has 27 heavy (non-hydrogen) atoms. The van der Waals surface area contributed by atoms with E-state index < -0.39 is 11.8 Å². The minimum absolute atomic E-state index is 0.139. The lowest BCUT2D eigenvalue weighted by molar-refractivity contribution is -0.121. The standard InChI is InChI=1S/C20H26ClNO5/c1-10-15(19(24)25)9-16(21)18-17(10)26-20(2,27-18)11-3-5-12(6-4-11)22-13-7-14(23)8-13/h9,11-14,22-23H,3-8H2,1-2H3,(H,24,25). The summed E-state index contributed by atoms with van der Waals surface area (Å²) in [7, 11) is 0. The summed E-state index contributed by atoms with van der Waals surface area (Å²) < 4.78 is 12.3. The third kappa shape index (κ3) is 3.39. The molecule has 148 valence electrons. The number of carboxylic acid groups (broad SMARTS) is 1. The first-order valence-electron chi connectivity index (χ1n) is 9.65. The number of hydrogen-bond donors (Lipinski definition) is 3. The van der Waals surface area contributed by atoms with Gasteiger partial charge in [0, 0.05) is 30.5 Å². The molecule has 1 aromatic rings. The van der Waals surface area contributed by atoms with Gasteiger partial charge < -0.3 is 25.0 Å². The van der Waals surface area contributed by atoms with Gasteiger partial charge in [0.1, 0.15) is 0 Å². The monoisotopic (exact) mass is 395 g/mol. The summed E-state index contributed by atoms with van der Waals surface area (Å²) in [5.74, 6) is -0.747. The summed E-state index contributed by atoms with van der Waals surface area (Å²) in [4.78, 5) is 11.4. The van der Waals surface area contributed by atoms with Crippen molar-refractivity contribution in [1.29, 1.82) is 0 Å². The number of nitrogens with one attached hydrogen (secondary N) is 1. The third-order valence-electron chi connectivity index (χ3n) is 6.33. The fourth-order valence-electron chi connectivity index (χ4n) is 4.58. The van der Waals surface area contributed by atoms with Crippen molar-refractivity contribution in [3.8, 4) is 11.5 Å². The highest BCUT2D eigenvalue weighted by Gasteiger charge is 2.47. The van der Waals surface area contributed by atoms with Gasteiger partial charge in [-0.25, -0.2) is 4.79 Å². The molecular formula is C20H26ClNO5. The van der Waals surface area contributed by atoms with E-state index in [1.165, 1.54) is 6.07 Å². The molecule has 0 radical (unpaired) electrons. The van der Waals surface area contributed by atoms with Gasteiger partial charge in [-0.2, -0.15) is 0 Å². The normalized spacial score (nSPS) is 35.0. The maximum Gasteiger partial charge on any atom is 0.336 e. The van der Waals surface area contributed by atoms with Crippen LogP contribution in [0.25, 0.3) is 0 Å². The number of aromatic carboxylic acids is 1. The minimum Gasteiger partial charge on any atom is -0.478 e. The van der Waals surface area contributed by atoms with Crippen molar-refractivity contribution in [2.45, 2.75) is 76.3 Å². The molecule has 2 fully saturated rings. The van der Waals surface area contributed by atoms with Crippen molar-refractivity contribution >= 4 is 17.6 Å². The SMILES string of the molecule is Cc1c(C(=O)O)cc(Cl)c2c1OC(C)(C1CCC(NC3CC(O)C3)CC1)O2. The minimum atomic E-state index is -1.03. The van der Waals surface area contributed by atoms with E-state index in [-0.39, 0.29) is 22.6 Å². The number of aliphatic hydroxyl groups excluding tert-OH is 1. The fraction of sp³-hybridized carbons (Fsp3) is 0.650. The molecule has 0 spiro atoms. The molecule has 6 nitrogen and oxygen atoms in total. The molecule has 0 aromatic heterocycles. The molecule has 7 heteroatoms. The maximum atomic E-state index is 11.4. The third-order valence-corrected chi connectivity index (χ3v) is 6.61. The molecule has 2 saturated carbocycles. The summed E-state index contributed by atoms with van der Waals surface area (Å²) in [5, 5.41) is 22.7. The lowest BCUT2D eigenvalue weighted by Gasteiger charge is -2.40. The molecule has 2 aliphatic carbocycles. The van der Waals surface area contributed by atoms with Crippen molar-refractivity contribution in [2.75, 3.05) is 0 Å². The van der Waals surface area contributed by atoms with Crippen molar-refractivity contribution in [3.63, 3.8) is 0 Å². The number of halogens is 1. The van der Waals surface area contributed by atoms with Gasteiger partial charge in [0.05, 0.1) is 16.7 Å². The number of hydrogen-bond acceptors (Lipinski definition) is 5. The molecule has 0 bridgehead atoms. The Labute approximate surface area is 163 Å². The van der Waals surface area contributed by atoms with Gasteiger partial charge >= 0.3 is 5.97 Å². The lowest BCUT2D eigenvalue weighted by Crippen LogP contribution is -2.51. The smallest absolute Gasteiger partial charge is 0.336 e. The first kappa shape index (κ1) is 18.8. The summed E-state index contributed by atoms with van der Waals surface area (Å²) in [6, 6.07) is 2.34. The van der Waals surface area contributed by atoms with E-state index in [1.807, 2.05) is 6.92 Å². The Morgan fingerprint density at radius 3 is 2.41 bits per heavy atom. The van der Waals surface area contributed by atoms with Crippen LogP contribution >= 0.6 is 11.6 Å². The van der Waals surface area contributed by atoms with Gasteiger partial charge in [0.25, 0.3) is 5.79 Å². The van der Waals surface area contributed by atoms with E-state index in [1.54, 1.807) is 6.92 Å². The van der Waals surface area contributed by atoms with Crippen LogP contribution in [0.4, 0.5) is 0 Å². The second-order valence-corrected chi connectivity index (χ2v) is 8.66. The average Bonchev–Trinajstić information content (AvgIpc) is 2.97. The van der Waals surface area contributed by atoms with E-state index in [0.717, 1.165) is 38.5 Å². The largest absolute Gasteiger partial charge is 0.478 e. The number of fused-ring (bicyclic) bond motifs is 1. The molecule has 0 amide bonds. The van der Waals surface area contributed by atoms with Crippen LogP contribution in [0.15, 0.2) is 6.07 Å². The van der Waals surface area contributed by atoms with Gasteiger partial charge in [0.2, 0.25) is 0 Å². The Morgan fingerprint density at radius 1 is 1.19 bits per heavy atom. The molecule has 1 aliphatic heterocycles. The van der Waals surface area contributed by atoms with Crippen molar-refractivity contribution in [2.24, 2.45) is 5.92 Å². The van der Waals surface area contributed by atoms with Crippen LogP contribution in [0, 0.1) is 12.8 Å². The zero-order valence-electron chi connectivity index (χ0n) is 15.6. The van der Waals surface area contributed by atoms with Gasteiger partial charge in [-0.15, -0.1) is 0 Å². The number of ether oxygens (including phenoxy) is 2. The Morgan fingerprint density at radius 2 is 1.81 bits per heavy atom. The molecule has 3 aliphatic rings. The fourth-order valence-corrected chi connectivity index (χ4v) is 4.81. The quantitative estimate of drug-likeness (QED) is 0.723. The molecule has 0 saturated heterocycles. The van der Waals surface area contributed by atoms with E-state index >= 15 is 0 Å². The van der Waals surface area contributed by atoms with E-state index in [0.29, 0.717) is 29.1 Å². The first-order valence-corrected chi connectivity index (χ1v) is 10.0. The van der Waals surface area contributed by atoms with Gasteiger partial charge in [-0.3, -0.25) is 0 Å². The Kier molecular flexibility index (Phi) is 4.77. The van der Waals surface area contributed by atoms with Crippen LogP contribution < -0.4 is 14.8 Å². The molecule has 1 atom stereocenters. The summed E-state index contributed by atoms with van der Waals surface area (Å²) in [6.07, 6.45) is 5.54. The van der Waals surface area contributed by atoms with Gasteiger partial charge in [-0.1, -0.05) is 11.6 Å². The highest BCUT2D eigenvalue weighted by Crippen LogP contribution is 2.51. The second kappa shape index (κ2) is 6.83. The van der Waals surface area contributed by atoms with E-state index in [4.69, 9.17) is 21.1 Å². The number of aliphatic hydroxyl groups is 1. The highest BCUT2D eigenvalue weighted by atomic mass is 35.5. The summed E-state index contributed by atoms with van der Waals surface area (Å²) in [6.45, 7) is 3.64. The molecule has 1 unspecified atom stereocenters. The number of benzene rings is 1. The topological polar surface area (TPSA) is 88.0 Å². The van der Waals surface area contributed by atoms with Crippen LogP contribution in [0.2, 0.25) is 5.02 Å². The van der Waals surface area contributed by atoms with Crippen LogP contribution in [0.1, 0.15) is 61.4 Å². The Bertz CT molecular complexity index is 755.